The van der Waals surface area contributed by atoms with E-state index in [0.29, 0.717) is 24.7 Å². The van der Waals surface area contributed by atoms with Gasteiger partial charge in [0.2, 0.25) is 0 Å². The largest absolute Gasteiger partial charge is 0.480 e. The SMILES string of the molecule is Cc1nc2ccc(C3(C(N)C(=O)O)COC3)cc2o1. The standard InChI is InChI=1S/C13H14N2O4/c1-7-15-9-3-2-8(4-10(9)19-7)13(5-18-6-13)11(14)12(16)17/h2-4,11H,5-6,14H2,1H3,(H,16,17). The smallest absolute Gasteiger partial charge is 0.321 e. The van der Waals surface area contributed by atoms with Crippen molar-refractivity contribution in [1.82, 2.24) is 4.98 Å². The average molecular weight is 262 g/mol. The normalized spacial score (nSPS) is 19.1. The number of benzene rings is 1. The maximum atomic E-state index is 11.2. The van der Waals surface area contributed by atoms with Gasteiger partial charge < -0.3 is 20.0 Å². The molecule has 0 saturated carbocycles. The zero-order chi connectivity index (χ0) is 13.6. The topological polar surface area (TPSA) is 98.6 Å². The van der Waals surface area contributed by atoms with E-state index in [1.165, 1.54) is 0 Å². The van der Waals surface area contributed by atoms with Crippen molar-refractivity contribution in [1.29, 1.82) is 0 Å². The van der Waals surface area contributed by atoms with E-state index >= 15 is 0 Å². The molecule has 1 aromatic carbocycles. The number of hydrogen-bond donors (Lipinski definition) is 2. The average Bonchev–Trinajstić information content (AvgIpc) is 2.66. The predicted octanol–water partition coefficient (Wildman–Crippen LogP) is 0.816. The van der Waals surface area contributed by atoms with Gasteiger partial charge in [0.25, 0.3) is 0 Å². The molecule has 0 radical (unpaired) electrons. The number of fused-ring (bicyclic) bond motifs is 1. The Kier molecular flexibility index (Phi) is 2.58. The second-order valence-corrected chi connectivity index (χ2v) is 4.88. The Bertz CT molecular complexity index is 645. The van der Waals surface area contributed by atoms with Gasteiger partial charge in [-0.05, 0) is 17.7 Å². The molecule has 2 aromatic rings. The summed E-state index contributed by atoms with van der Waals surface area (Å²) < 4.78 is 10.7. The van der Waals surface area contributed by atoms with Gasteiger partial charge in [0.15, 0.2) is 11.5 Å². The Balaban J connectivity index is 2.08. The Morgan fingerprint density at radius 1 is 1.53 bits per heavy atom. The monoisotopic (exact) mass is 262 g/mol. The van der Waals surface area contributed by atoms with Crippen molar-refractivity contribution < 1.29 is 19.1 Å². The minimum Gasteiger partial charge on any atom is -0.480 e. The van der Waals surface area contributed by atoms with Crippen molar-refractivity contribution >= 4 is 17.1 Å². The highest BCUT2D eigenvalue weighted by Crippen LogP contribution is 2.36. The Labute approximate surface area is 109 Å². The number of carboxylic acids is 1. The van der Waals surface area contributed by atoms with E-state index in [1.807, 2.05) is 12.1 Å². The Hall–Kier alpha value is -1.92. The summed E-state index contributed by atoms with van der Waals surface area (Å²) in [5, 5.41) is 9.14. The van der Waals surface area contributed by atoms with E-state index in [4.69, 9.17) is 20.0 Å². The lowest BCUT2D eigenvalue weighted by atomic mass is 9.72. The molecule has 1 fully saturated rings. The first-order valence-corrected chi connectivity index (χ1v) is 5.97. The van der Waals surface area contributed by atoms with Crippen LogP contribution in [0.3, 0.4) is 0 Å². The van der Waals surface area contributed by atoms with Gasteiger partial charge in [-0.15, -0.1) is 0 Å². The van der Waals surface area contributed by atoms with Crippen molar-refractivity contribution in [3.63, 3.8) is 0 Å². The molecular formula is C13H14N2O4. The van der Waals surface area contributed by atoms with Gasteiger partial charge in [-0.3, -0.25) is 4.79 Å². The minimum atomic E-state index is -1.03. The molecule has 0 spiro atoms. The number of nitrogens with two attached hydrogens (primary N) is 1. The van der Waals surface area contributed by atoms with E-state index < -0.39 is 17.4 Å². The molecular weight excluding hydrogens is 248 g/mol. The van der Waals surface area contributed by atoms with Crippen LogP contribution in [0.5, 0.6) is 0 Å². The molecule has 6 heteroatoms. The summed E-state index contributed by atoms with van der Waals surface area (Å²) in [6.07, 6.45) is 0. The quantitative estimate of drug-likeness (QED) is 0.849. The van der Waals surface area contributed by atoms with Crippen LogP contribution < -0.4 is 5.73 Å². The van der Waals surface area contributed by atoms with E-state index in [2.05, 4.69) is 4.98 Å². The lowest BCUT2D eigenvalue weighted by Crippen LogP contribution is -2.61. The molecule has 0 amide bonds. The maximum absolute atomic E-state index is 11.2. The number of nitrogens with zero attached hydrogens (tertiary/aromatic N) is 1. The molecule has 1 unspecified atom stereocenters. The highest BCUT2D eigenvalue weighted by Gasteiger charge is 2.49. The highest BCUT2D eigenvalue weighted by molar-refractivity contribution is 5.78. The van der Waals surface area contributed by atoms with Gasteiger partial charge in [-0.1, -0.05) is 6.07 Å². The third-order valence-corrected chi connectivity index (χ3v) is 3.65. The summed E-state index contributed by atoms with van der Waals surface area (Å²) in [5.74, 6) is -0.453. The number of rotatable bonds is 3. The first kappa shape index (κ1) is 12.1. The molecule has 3 N–H and O–H groups in total. The zero-order valence-corrected chi connectivity index (χ0v) is 10.4. The number of carbonyl (C=O) groups is 1. The first-order valence-electron chi connectivity index (χ1n) is 5.97. The molecule has 19 heavy (non-hydrogen) atoms. The van der Waals surface area contributed by atoms with Crippen LogP contribution in [0.15, 0.2) is 22.6 Å². The third-order valence-electron chi connectivity index (χ3n) is 3.65. The number of oxazole rings is 1. The number of ether oxygens (including phenoxy) is 1. The molecule has 0 bridgehead atoms. The summed E-state index contributed by atoms with van der Waals surface area (Å²) in [6.45, 7) is 2.38. The molecule has 0 aliphatic carbocycles. The van der Waals surface area contributed by atoms with E-state index in [0.717, 1.165) is 11.1 Å². The van der Waals surface area contributed by atoms with Crippen LogP contribution >= 0.6 is 0 Å². The van der Waals surface area contributed by atoms with Crippen LogP contribution in [0.4, 0.5) is 0 Å². The van der Waals surface area contributed by atoms with E-state index in [9.17, 15) is 4.79 Å². The van der Waals surface area contributed by atoms with Crippen LogP contribution in [0, 0.1) is 6.92 Å². The molecule has 2 heterocycles. The van der Waals surface area contributed by atoms with Crippen LogP contribution in [0.25, 0.3) is 11.1 Å². The summed E-state index contributed by atoms with van der Waals surface area (Å²) in [5.41, 5.74) is 7.34. The fourth-order valence-corrected chi connectivity index (χ4v) is 2.43. The third kappa shape index (κ3) is 1.72. The van der Waals surface area contributed by atoms with E-state index in [-0.39, 0.29) is 0 Å². The van der Waals surface area contributed by atoms with Gasteiger partial charge in [-0.2, -0.15) is 0 Å². The maximum Gasteiger partial charge on any atom is 0.321 e. The number of hydrogen-bond acceptors (Lipinski definition) is 5. The molecule has 100 valence electrons. The number of aromatic nitrogens is 1. The van der Waals surface area contributed by atoms with Crippen LogP contribution in [-0.4, -0.2) is 35.3 Å². The molecule has 1 aliphatic rings. The fraction of sp³-hybridized carbons (Fsp3) is 0.385. The van der Waals surface area contributed by atoms with Gasteiger partial charge in [-0.25, -0.2) is 4.98 Å². The summed E-state index contributed by atoms with van der Waals surface area (Å²) in [4.78, 5) is 15.4. The second-order valence-electron chi connectivity index (χ2n) is 4.88. The lowest BCUT2D eigenvalue weighted by Gasteiger charge is -2.44. The molecule has 1 saturated heterocycles. The minimum absolute atomic E-state index is 0.305. The lowest BCUT2D eigenvalue weighted by molar-refractivity contribution is -0.148. The van der Waals surface area contributed by atoms with Gasteiger partial charge in [0.05, 0.1) is 18.6 Å². The van der Waals surface area contributed by atoms with Gasteiger partial charge in [0.1, 0.15) is 11.6 Å². The van der Waals surface area contributed by atoms with Crippen molar-refractivity contribution in [2.45, 2.75) is 18.4 Å². The van der Waals surface area contributed by atoms with Crippen molar-refractivity contribution in [3.8, 4) is 0 Å². The zero-order valence-electron chi connectivity index (χ0n) is 10.4. The van der Waals surface area contributed by atoms with Crippen molar-refractivity contribution in [2.75, 3.05) is 13.2 Å². The molecule has 1 aliphatic heterocycles. The van der Waals surface area contributed by atoms with Crippen molar-refractivity contribution in [3.05, 3.63) is 29.7 Å². The van der Waals surface area contributed by atoms with E-state index in [1.54, 1.807) is 13.0 Å². The predicted molar refractivity (Wildman–Crippen MR) is 66.9 cm³/mol. The Morgan fingerprint density at radius 2 is 2.26 bits per heavy atom. The molecule has 1 atom stereocenters. The molecule has 1 aromatic heterocycles. The van der Waals surface area contributed by atoms with Gasteiger partial charge >= 0.3 is 5.97 Å². The van der Waals surface area contributed by atoms with Crippen LogP contribution in [0.1, 0.15) is 11.5 Å². The van der Waals surface area contributed by atoms with Crippen LogP contribution in [0.2, 0.25) is 0 Å². The Morgan fingerprint density at radius 3 is 2.84 bits per heavy atom. The molecule has 3 rings (SSSR count). The molecule has 6 nitrogen and oxygen atoms in total. The van der Waals surface area contributed by atoms with Crippen LogP contribution in [-0.2, 0) is 14.9 Å². The number of aryl methyl sites for hydroxylation is 1. The fourth-order valence-electron chi connectivity index (χ4n) is 2.43. The van der Waals surface area contributed by atoms with Crippen molar-refractivity contribution in [2.24, 2.45) is 5.73 Å². The second kappa shape index (κ2) is 4.04. The summed E-state index contributed by atoms with van der Waals surface area (Å²) in [6, 6.07) is 4.47. The van der Waals surface area contributed by atoms with Gasteiger partial charge in [0, 0.05) is 6.92 Å². The highest BCUT2D eigenvalue weighted by atomic mass is 16.5. The number of carboxylic acid groups (broad SMARTS) is 1. The summed E-state index contributed by atoms with van der Waals surface area (Å²) >= 11 is 0. The first-order chi connectivity index (χ1) is 9.03. The number of aliphatic carboxylic acids is 1. The summed E-state index contributed by atoms with van der Waals surface area (Å²) in [7, 11) is 0.